The zero-order valence-electron chi connectivity index (χ0n) is 24.8. The first-order valence-electron chi connectivity index (χ1n) is 15.0. The molecular weight excluding hydrogens is 592 g/mol. The van der Waals surface area contributed by atoms with Crippen molar-refractivity contribution in [1.82, 2.24) is 30.3 Å². The van der Waals surface area contributed by atoms with Gasteiger partial charge in [-0.1, -0.05) is 26.0 Å². The van der Waals surface area contributed by atoms with Gasteiger partial charge in [0.25, 0.3) is 11.8 Å². The lowest BCUT2D eigenvalue weighted by atomic mass is 9.98. The SMILES string of the molecule is CC(C)CNS(=O)(=O)c1cc2c(c3cnc(C4CC4)cc13)[C@@H](NC(=O)c1nc3ccccc3o1)C[C@@H]2NC(=O)c1cccnc1. The fourth-order valence-electron chi connectivity index (χ4n) is 5.87. The molecule has 2 aliphatic carbocycles. The summed E-state index contributed by atoms with van der Waals surface area (Å²) in [6.45, 7) is 4.14. The van der Waals surface area contributed by atoms with Crippen LogP contribution in [0.1, 0.15) is 89.0 Å². The molecule has 2 amide bonds. The average Bonchev–Trinajstić information content (AvgIpc) is 3.71. The Morgan fingerprint density at radius 2 is 1.78 bits per heavy atom. The molecule has 45 heavy (non-hydrogen) atoms. The van der Waals surface area contributed by atoms with Gasteiger partial charge in [-0.25, -0.2) is 18.1 Å². The van der Waals surface area contributed by atoms with Crippen molar-refractivity contribution in [1.29, 1.82) is 0 Å². The van der Waals surface area contributed by atoms with E-state index in [1.165, 1.54) is 6.20 Å². The van der Waals surface area contributed by atoms with Crippen LogP contribution in [0.5, 0.6) is 0 Å². The van der Waals surface area contributed by atoms with Gasteiger partial charge in [0.05, 0.1) is 22.5 Å². The van der Waals surface area contributed by atoms with E-state index < -0.39 is 28.0 Å². The Kier molecular flexibility index (Phi) is 7.33. The summed E-state index contributed by atoms with van der Waals surface area (Å²) < 4.78 is 36.1. The van der Waals surface area contributed by atoms with E-state index in [1.807, 2.05) is 26.0 Å². The number of hydrogen-bond acceptors (Lipinski definition) is 8. The fraction of sp³-hybridized carbons (Fsp3) is 0.303. The van der Waals surface area contributed by atoms with Crippen LogP contribution in [0.4, 0.5) is 0 Å². The van der Waals surface area contributed by atoms with Crippen molar-refractivity contribution >= 4 is 43.7 Å². The molecule has 5 aromatic rings. The Morgan fingerprint density at radius 1 is 0.978 bits per heavy atom. The number of pyridine rings is 2. The standard InChI is InChI=1S/C33H32N6O5S/c1-18(2)15-36-45(42,43)29-13-22-26(37-31(40)20-6-5-11-34-16-20)14-27(30(22)23-17-35-25(12-21(23)29)19-9-10-19)38-32(41)33-39-24-7-3-4-8-28(24)44-33/h3-8,11-13,16-19,26-27,36H,9-10,14-15H2,1-2H3,(H,37,40)(H,38,41)/t26-,27-/m0/s1. The van der Waals surface area contributed by atoms with Gasteiger partial charge in [-0.15, -0.1) is 0 Å². The van der Waals surface area contributed by atoms with Crippen molar-refractivity contribution in [2.45, 2.75) is 56.0 Å². The van der Waals surface area contributed by atoms with E-state index in [2.05, 4.69) is 25.3 Å². The van der Waals surface area contributed by atoms with E-state index in [-0.39, 0.29) is 35.6 Å². The highest BCUT2D eigenvalue weighted by Gasteiger charge is 2.38. The average molecular weight is 625 g/mol. The largest absolute Gasteiger partial charge is 0.432 e. The first-order chi connectivity index (χ1) is 21.7. The van der Waals surface area contributed by atoms with Crippen LogP contribution in [0.3, 0.4) is 0 Å². The molecule has 2 atom stereocenters. The Bertz CT molecular complexity index is 2020. The maximum Gasteiger partial charge on any atom is 0.307 e. The van der Waals surface area contributed by atoms with Crippen molar-refractivity contribution in [2.75, 3.05) is 6.54 Å². The molecule has 3 aromatic heterocycles. The number of carbonyl (C=O) groups is 2. The first-order valence-corrected chi connectivity index (χ1v) is 16.5. The molecule has 7 rings (SSSR count). The molecule has 2 aromatic carbocycles. The van der Waals surface area contributed by atoms with Gasteiger partial charge in [0.15, 0.2) is 5.58 Å². The molecule has 3 heterocycles. The van der Waals surface area contributed by atoms with Gasteiger partial charge in [-0.3, -0.25) is 19.6 Å². The highest BCUT2D eigenvalue weighted by atomic mass is 32.2. The molecule has 230 valence electrons. The molecule has 0 saturated heterocycles. The number of nitrogens with zero attached hydrogens (tertiary/aromatic N) is 3. The Labute approximate surface area is 259 Å². The zero-order chi connectivity index (χ0) is 31.3. The van der Waals surface area contributed by atoms with E-state index in [0.29, 0.717) is 44.5 Å². The van der Waals surface area contributed by atoms with Crippen LogP contribution >= 0.6 is 0 Å². The molecule has 3 N–H and O–H groups in total. The number of rotatable bonds is 9. The summed E-state index contributed by atoms with van der Waals surface area (Å²) in [5.74, 6) is -0.580. The zero-order valence-corrected chi connectivity index (χ0v) is 25.6. The molecule has 0 bridgehead atoms. The summed E-state index contributed by atoms with van der Waals surface area (Å²) in [5, 5.41) is 7.22. The van der Waals surface area contributed by atoms with Gasteiger partial charge < -0.3 is 15.1 Å². The number of hydrogen-bond donors (Lipinski definition) is 3. The quantitative estimate of drug-likeness (QED) is 0.209. The topological polar surface area (TPSA) is 156 Å². The predicted octanol–water partition coefficient (Wildman–Crippen LogP) is 4.93. The monoisotopic (exact) mass is 624 g/mol. The van der Waals surface area contributed by atoms with Crippen LogP contribution in [0.2, 0.25) is 0 Å². The van der Waals surface area contributed by atoms with Crippen molar-refractivity contribution in [2.24, 2.45) is 5.92 Å². The van der Waals surface area contributed by atoms with E-state index >= 15 is 0 Å². The number of oxazole rings is 1. The maximum absolute atomic E-state index is 13.8. The van der Waals surface area contributed by atoms with Gasteiger partial charge in [0.1, 0.15) is 5.52 Å². The molecule has 1 saturated carbocycles. The number of sulfonamides is 1. The number of benzene rings is 2. The molecule has 0 unspecified atom stereocenters. The highest BCUT2D eigenvalue weighted by molar-refractivity contribution is 7.89. The minimum atomic E-state index is -3.94. The highest BCUT2D eigenvalue weighted by Crippen LogP contribution is 2.47. The third-order valence-corrected chi connectivity index (χ3v) is 9.73. The Hall–Kier alpha value is -4.68. The summed E-state index contributed by atoms with van der Waals surface area (Å²) in [5.41, 5.74) is 3.54. The van der Waals surface area contributed by atoms with Crippen LogP contribution in [-0.2, 0) is 10.0 Å². The summed E-state index contributed by atoms with van der Waals surface area (Å²) in [7, 11) is -3.94. The molecule has 2 aliphatic rings. The number of para-hydroxylation sites is 2. The molecule has 12 heteroatoms. The first kappa shape index (κ1) is 29.1. The van der Waals surface area contributed by atoms with Gasteiger partial charge >= 0.3 is 5.91 Å². The van der Waals surface area contributed by atoms with Gasteiger partial charge in [-0.2, -0.15) is 0 Å². The lowest BCUT2D eigenvalue weighted by Crippen LogP contribution is -2.30. The summed E-state index contributed by atoms with van der Waals surface area (Å²) in [6, 6.07) is 12.7. The maximum atomic E-state index is 13.8. The van der Waals surface area contributed by atoms with E-state index in [4.69, 9.17) is 9.40 Å². The second kappa shape index (κ2) is 11.4. The number of aromatic nitrogens is 3. The molecular formula is C33H32N6O5S. The minimum Gasteiger partial charge on any atom is -0.432 e. The van der Waals surface area contributed by atoms with Gasteiger partial charge in [-0.05, 0) is 72.7 Å². The summed E-state index contributed by atoms with van der Waals surface area (Å²) in [4.78, 5) is 40.0. The van der Waals surface area contributed by atoms with Gasteiger partial charge in [0.2, 0.25) is 10.0 Å². The fourth-order valence-corrected chi connectivity index (χ4v) is 7.32. The molecule has 0 spiro atoms. The van der Waals surface area contributed by atoms with Crippen molar-refractivity contribution < 1.29 is 22.4 Å². The second-order valence-corrected chi connectivity index (χ2v) is 13.8. The lowest BCUT2D eigenvalue weighted by molar-refractivity contribution is 0.0901. The number of carbonyl (C=O) groups excluding carboxylic acids is 2. The van der Waals surface area contributed by atoms with Crippen LogP contribution in [0.25, 0.3) is 21.9 Å². The smallest absolute Gasteiger partial charge is 0.307 e. The van der Waals surface area contributed by atoms with Crippen LogP contribution in [0, 0.1) is 5.92 Å². The third-order valence-electron chi connectivity index (χ3n) is 8.26. The Morgan fingerprint density at radius 3 is 2.51 bits per heavy atom. The molecule has 11 nitrogen and oxygen atoms in total. The van der Waals surface area contributed by atoms with Crippen LogP contribution in [0.15, 0.2) is 76.4 Å². The second-order valence-electron chi connectivity index (χ2n) is 12.1. The lowest BCUT2D eigenvalue weighted by Gasteiger charge is -2.19. The van der Waals surface area contributed by atoms with E-state index in [9.17, 15) is 18.0 Å². The van der Waals surface area contributed by atoms with E-state index in [1.54, 1.807) is 48.8 Å². The minimum absolute atomic E-state index is 0.0869. The van der Waals surface area contributed by atoms with Gasteiger partial charge in [0, 0.05) is 47.5 Å². The molecule has 1 fully saturated rings. The predicted molar refractivity (Wildman–Crippen MR) is 167 cm³/mol. The number of fused-ring (bicyclic) bond motifs is 4. The summed E-state index contributed by atoms with van der Waals surface area (Å²) >= 11 is 0. The third kappa shape index (κ3) is 5.67. The summed E-state index contributed by atoms with van der Waals surface area (Å²) in [6.07, 6.45) is 7.03. The van der Waals surface area contributed by atoms with Crippen molar-refractivity contribution in [3.8, 4) is 0 Å². The normalized spacial score (nSPS) is 17.9. The van der Waals surface area contributed by atoms with Crippen molar-refractivity contribution in [3.63, 3.8) is 0 Å². The number of nitrogens with one attached hydrogen (secondary N) is 3. The number of amides is 2. The molecule has 0 aliphatic heterocycles. The van der Waals surface area contributed by atoms with Crippen LogP contribution < -0.4 is 15.4 Å². The van der Waals surface area contributed by atoms with Crippen LogP contribution in [-0.4, -0.2) is 41.7 Å². The molecule has 0 radical (unpaired) electrons. The van der Waals surface area contributed by atoms with Crippen molar-refractivity contribution in [3.05, 3.63) is 95.4 Å². The van der Waals surface area contributed by atoms with E-state index in [0.717, 1.165) is 18.5 Å². The Balaban J connectivity index is 1.34.